The van der Waals surface area contributed by atoms with Crippen LogP contribution in [0.1, 0.15) is 25.0 Å². The molecule has 1 aliphatic rings. The highest BCUT2D eigenvalue weighted by Crippen LogP contribution is 2.51. The van der Waals surface area contributed by atoms with Crippen LogP contribution in [0.25, 0.3) is 111 Å². The van der Waals surface area contributed by atoms with E-state index < -0.39 is 0 Å². The molecular formula is C60H41N3. The number of hydrogen-bond acceptors (Lipinski definition) is 3. The molecule has 0 saturated carbocycles. The summed E-state index contributed by atoms with van der Waals surface area (Å²) in [6, 6.07) is 76.2. The minimum atomic E-state index is -0.152. The molecule has 12 rings (SSSR count). The molecule has 3 nitrogen and oxygen atoms in total. The fraction of sp³-hybridized carbons (Fsp3) is 0.0500. The van der Waals surface area contributed by atoms with Crippen molar-refractivity contribution >= 4 is 32.4 Å². The molecule has 0 aliphatic heterocycles. The first-order valence-electron chi connectivity index (χ1n) is 21.7. The van der Waals surface area contributed by atoms with E-state index in [0.717, 1.165) is 77.9 Å². The van der Waals surface area contributed by atoms with Gasteiger partial charge in [0.2, 0.25) is 0 Å². The van der Waals surface area contributed by atoms with E-state index in [0.29, 0.717) is 5.82 Å². The highest BCUT2D eigenvalue weighted by Gasteiger charge is 2.36. The molecular weight excluding hydrogens is 763 g/mol. The van der Waals surface area contributed by atoms with Crippen LogP contribution in [0.5, 0.6) is 0 Å². The predicted molar refractivity (Wildman–Crippen MR) is 263 cm³/mol. The molecule has 0 radical (unpaired) electrons. The Morgan fingerprint density at radius 3 is 1.78 bits per heavy atom. The van der Waals surface area contributed by atoms with Crippen LogP contribution in [0, 0.1) is 0 Å². The highest BCUT2D eigenvalue weighted by atomic mass is 14.9. The maximum absolute atomic E-state index is 5.47. The lowest BCUT2D eigenvalue weighted by atomic mass is 9.82. The van der Waals surface area contributed by atoms with Crippen molar-refractivity contribution in [1.82, 2.24) is 15.0 Å². The number of benzene rings is 9. The first-order chi connectivity index (χ1) is 30.9. The Labute approximate surface area is 367 Å². The van der Waals surface area contributed by atoms with E-state index in [2.05, 4.69) is 226 Å². The van der Waals surface area contributed by atoms with Gasteiger partial charge in [0.15, 0.2) is 5.82 Å². The highest BCUT2D eigenvalue weighted by molar-refractivity contribution is 6.03. The summed E-state index contributed by atoms with van der Waals surface area (Å²) in [5.41, 5.74) is 17.3. The number of fused-ring (bicyclic) bond motifs is 6. The van der Waals surface area contributed by atoms with E-state index in [1.54, 1.807) is 0 Å². The summed E-state index contributed by atoms with van der Waals surface area (Å²) in [4.78, 5) is 16.3. The Morgan fingerprint density at radius 1 is 0.302 bits per heavy atom. The summed E-state index contributed by atoms with van der Waals surface area (Å²) >= 11 is 0. The van der Waals surface area contributed by atoms with E-state index >= 15 is 0 Å². The van der Waals surface area contributed by atoms with Gasteiger partial charge in [-0.15, -0.1) is 0 Å². The third-order valence-corrected chi connectivity index (χ3v) is 13.0. The second-order valence-electron chi connectivity index (χ2n) is 17.2. The van der Waals surface area contributed by atoms with Gasteiger partial charge in [-0.3, -0.25) is 0 Å². The maximum Gasteiger partial charge on any atom is 0.160 e. The SMILES string of the molecule is CC1(C)c2ccccc2-c2cc3c(-c4cc(-c5ccccc5)cc(-c5nc(-c6ccc7ccccc7c6)cc(-c6cccc7ccccc67)n5)c4)cc(-c4ccccc4)nc3cc21. The van der Waals surface area contributed by atoms with Gasteiger partial charge in [-0.2, -0.15) is 0 Å². The Balaban J connectivity index is 1.14. The molecule has 3 heteroatoms. The number of pyridine rings is 1. The second-order valence-corrected chi connectivity index (χ2v) is 17.2. The molecule has 0 spiro atoms. The molecule has 2 aromatic heterocycles. The fourth-order valence-corrected chi connectivity index (χ4v) is 9.79. The van der Waals surface area contributed by atoms with Gasteiger partial charge in [-0.25, -0.2) is 15.0 Å². The van der Waals surface area contributed by atoms with Crippen LogP contribution in [0.4, 0.5) is 0 Å². The normalized spacial score (nSPS) is 12.7. The standard InChI is InChI=1S/C60H41N3/c1-60(2)53-27-14-13-25-48(53)51-34-52-50(35-55(41-20-7-4-8-21-41)61-57(52)36-54(51)60)45-31-44(38-16-5-3-6-17-38)32-46(33-45)59-62-56(43-29-28-39-18-9-10-22-42(39)30-43)37-58(63-59)49-26-15-23-40-19-11-12-24-47(40)49/h3-37H,1-2H3. The zero-order valence-electron chi connectivity index (χ0n) is 35.0. The number of rotatable bonds is 6. The van der Waals surface area contributed by atoms with Crippen LogP contribution >= 0.6 is 0 Å². The topological polar surface area (TPSA) is 38.7 Å². The van der Waals surface area contributed by atoms with Crippen molar-refractivity contribution in [3.63, 3.8) is 0 Å². The van der Waals surface area contributed by atoms with Crippen molar-refractivity contribution in [3.05, 3.63) is 223 Å². The maximum atomic E-state index is 5.47. The van der Waals surface area contributed by atoms with E-state index in [1.165, 1.54) is 38.4 Å². The lowest BCUT2D eigenvalue weighted by Gasteiger charge is -2.22. The minimum Gasteiger partial charge on any atom is -0.248 e. The van der Waals surface area contributed by atoms with Gasteiger partial charge in [0.1, 0.15) is 0 Å². The molecule has 0 unspecified atom stereocenters. The van der Waals surface area contributed by atoms with Crippen LogP contribution in [0.3, 0.4) is 0 Å². The van der Waals surface area contributed by atoms with E-state index in [-0.39, 0.29) is 5.41 Å². The van der Waals surface area contributed by atoms with Crippen molar-refractivity contribution in [2.24, 2.45) is 0 Å². The molecule has 0 bridgehead atoms. The molecule has 11 aromatic rings. The van der Waals surface area contributed by atoms with Gasteiger partial charge >= 0.3 is 0 Å². The van der Waals surface area contributed by atoms with Crippen molar-refractivity contribution in [3.8, 4) is 78.5 Å². The summed E-state index contributed by atoms with van der Waals surface area (Å²) in [6.07, 6.45) is 0. The average Bonchev–Trinajstić information content (AvgIpc) is 3.57. The monoisotopic (exact) mass is 803 g/mol. The summed E-state index contributed by atoms with van der Waals surface area (Å²) in [5, 5.41) is 5.81. The van der Waals surface area contributed by atoms with E-state index in [1.807, 2.05) is 0 Å². The molecule has 296 valence electrons. The first kappa shape index (κ1) is 36.8. The molecule has 2 heterocycles. The largest absolute Gasteiger partial charge is 0.248 e. The van der Waals surface area contributed by atoms with Crippen LogP contribution in [-0.2, 0) is 5.41 Å². The van der Waals surface area contributed by atoms with Crippen molar-refractivity contribution < 1.29 is 0 Å². The van der Waals surface area contributed by atoms with Gasteiger partial charge in [-0.05, 0) is 115 Å². The molecule has 0 fully saturated rings. The summed E-state index contributed by atoms with van der Waals surface area (Å²) < 4.78 is 0. The molecule has 9 aromatic carbocycles. The van der Waals surface area contributed by atoms with Gasteiger partial charge in [-0.1, -0.05) is 178 Å². The molecule has 1 aliphatic carbocycles. The average molecular weight is 804 g/mol. The van der Waals surface area contributed by atoms with E-state index in [4.69, 9.17) is 15.0 Å². The van der Waals surface area contributed by atoms with E-state index in [9.17, 15) is 0 Å². The summed E-state index contributed by atoms with van der Waals surface area (Å²) in [7, 11) is 0. The Kier molecular flexibility index (Phi) is 8.52. The van der Waals surface area contributed by atoms with Crippen LogP contribution in [0.2, 0.25) is 0 Å². The number of nitrogens with zero attached hydrogens (tertiary/aromatic N) is 3. The Morgan fingerprint density at radius 2 is 0.937 bits per heavy atom. The van der Waals surface area contributed by atoms with Gasteiger partial charge < -0.3 is 0 Å². The smallest absolute Gasteiger partial charge is 0.160 e. The summed E-state index contributed by atoms with van der Waals surface area (Å²) in [6.45, 7) is 4.67. The van der Waals surface area contributed by atoms with Gasteiger partial charge in [0.25, 0.3) is 0 Å². The second kappa shape index (κ2) is 14.6. The molecule has 63 heavy (non-hydrogen) atoms. The minimum absolute atomic E-state index is 0.152. The van der Waals surface area contributed by atoms with Crippen molar-refractivity contribution in [1.29, 1.82) is 0 Å². The molecule has 0 N–H and O–H groups in total. The molecule has 0 amide bonds. The first-order valence-corrected chi connectivity index (χ1v) is 21.7. The third-order valence-electron chi connectivity index (χ3n) is 13.0. The van der Waals surface area contributed by atoms with Crippen LogP contribution < -0.4 is 0 Å². The van der Waals surface area contributed by atoms with Gasteiger partial charge in [0.05, 0.1) is 22.6 Å². The number of hydrogen-bond donors (Lipinski definition) is 0. The zero-order chi connectivity index (χ0) is 42.1. The van der Waals surface area contributed by atoms with Crippen molar-refractivity contribution in [2.75, 3.05) is 0 Å². The summed E-state index contributed by atoms with van der Waals surface area (Å²) in [5.74, 6) is 0.667. The molecule has 0 atom stereocenters. The fourth-order valence-electron chi connectivity index (χ4n) is 9.79. The number of aromatic nitrogens is 3. The quantitative estimate of drug-likeness (QED) is 0.168. The third kappa shape index (κ3) is 6.32. The predicted octanol–water partition coefficient (Wildman–Crippen LogP) is 15.6. The molecule has 0 saturated heterocycles. The Bertz CT molecular complexity index is 3580. The zero-order valence-corrected chi connectivity index (χ0v) is 35.0. The van der Waals surface area contributed by atoms with Gasteiger partial charge in [0, 0.05) is 33.1 Å². The van der Waals surface area contributed by atoms with Crippen molar-refractivity contribution in [2.45, 2.75) is 19.3 Å². The van der Waals surface area contributed by atoms with Crippen LogP contribution in [-0.4, -0.2) is 15.0 Å². The Hall–Kier alpha value is -8.01. The van der Waals surface area contributed by atoms with Crippen LogP contribution in [0.15, 0.2) is 212 Å². The lowest BCUT2D eigenvalue weighted by molar-refractivity contribution is 0.661. The lowest BCUT2D eigenvalue weighted by Crippen LogP contribution is -2.14.